The van der Waals surface area contributed by atoms with Gasteiger partial charge in [0.25, 0.3) is 0 Å². The summed E-state index contributed by atoms with van der Waals surface area (Å²) in [5.41, 5.74) is 2.69. The Morgan fingerprint density at radius 3 is 2.65 bits per heavy atom. The van der Waals surface area contributed by atoms with Gasteiger partial charge in [0.2, 0.25) is 0 Å². The smallest absolute Gasteiger partial charge is 0.319 e. The van der Waals surface area contributed by atoms with E-state index in [4.69, 9.17) is 23.2 Å². The van der Waals surface area contributed by atoms with Gasteiger partial charge in [-0.05, 0) is 36.2 Å². The Labute approximate surface area is 127 Å². The van der Waals surface area contributed by atoms with Gasteiger partial charge in [0.1, 0.15) is 0 Å². The molecule has 0 radical (unpaired) electrons. The van der Waals surface area contributed by atoms with Crippen LogP contribution in [-0.4, -0.2) is 6.03 Å². The van der Waals surface area contributed by atoms with Crippen molar-refractivity contribution in [2.24, 2.45) is 0 Å². The lowest BCUT2D eigenvalue weighted by Gasteiger charge is -2.10. The van der Waals surface area contributed by atoms with Crippen molar-refractivity contribution < 1.29 is 4.79 Å². The molecular formula is C15H14Cl2N2O. The monoisotopic (exact) mass is 308 g/mol. The molecule has 0 fully saturated rings. The molecule has 0 aliphatic carbocycles. The topological polar surface area (TPSA) is 41.1 Å². The highest BCUT2D eigenvalue weighted by molar-refractivity contribution is 6.35. The van der Waals surface area contributed by atoms with E-state index in [1.807, 2.05) is 31.2 Å². The van der Waals surface area contributed by atoms with Gasteiger partial charge in [-0.3, -0.25) is 0 Å². The molecule has 20 heavy (non-hydrogen) atoms. The number of hydrogen-bond acceptors (Lipinski definition) is 1. The molecule has 3 nitrogen and oxygen atoms in total. The molecule has 0 saturated carbocycles. The number of benzene rings is 2. The number of amides is 2. The minimum absolute atomic E-state index is 0.322. The average molecular weight is 309 g/mol. The Hall–Kier alpha value is -1.71. The van der Waals surface area contributed by atoms with Gasteiger partial charge in [-0.15, -0.1) is 0 Å². The van der Waals surface area contributed by atoms with Crippen LogP contribution in [0.2, 0.25) is 10.0 Å². The first-order valence-electron chi connectivity index (χ1n) is 6.10. The van der Waals surface area contributed by atoms with Gasteiger partial charge in [-0.1, -0.05) is 47.5 Å². The normalized spacial score (nSPS) is 10.2. The summed E-state index contributed by atoms with van der Waals surface area (Å²) in [6, 6.07) is 12.5. The van der Waals surface area contributed by atoms with Crippen molar-refractivity contribution in [3.63, 3.8) is 0 Å². The molecule has 2 amide bonds. The molecule has 0 unspecified atom stereocenters. The fraction of sp³-hybridized carbons (Fsp3) is 0.133. The highest BCUT2D eigenvalue weighted by Crippen LogP contribution is 2.25. The van der Waals surface area contributed by atoms with E-state index in [1.165, 1.54) is 0 Å². The minimum Gasteiger partial charge on any atom is -0.334 e. The number of anilines is 1. The number of carbonyl (C=O) groups is 1. The molecule has 2 aromatic carbocycles. The number of aryl methyl sites for hydroxylation is 1. The zero-order chi connectivity index (χ0) is 14.5. The highest BCUT2D eigenvalue weighted by Gasteiger charge is 2.06. The summed E-state index contributed by atoms with van der Waals surface area (Å²) in [4.78, 5) is 11.8. The fourth-order valence-corrected chi connectivity index (χ4v) is 2.08. The van der Waals surface area contributed by atoms with Crippen molar-refractivity contribution in [1.29, 1.82) is 0 Å². The van der Waals surface area contributed by atoms with Crippen LogP contribution in [0.1, 0.15) is 11.1 Å². The van der Waals surface area contributed by atoms with Crippen LogP contribution in [0.3, 0.4) is 0 Å². The average Bonchev–Trinajstić information content (AvgIpc) is 2.42. The van der Waals surface area contributed by atoms with E-state index >= 15 is 0 Å². The van der Waals surface area contributed by atoms with Crippen molar-refractivity contribution in [2.45, 2.75) is 13.5 Å². The lowest BCUT2D eigenvalue weighted by Crippen LogP contribution is -2.28. The first kappa shape index (κ1) is 14.7. The van der Waals surface area contributed by atoms with Crippen LogP contribution in [0.5, 0.6) is 0 Å². The number of urea groups is 1. The molecule has 2 N–H and O–H groups in total. The maximum atomic E-state index is 11.8. The van der Waals surface area contributed by atoms with E-state index in [-0.39, 0.29) is 6.03 Å². The second kappa shape index (κ2) is 6.64. The standard InChI is InChI=1S/C15H14Cl2N2O/c1-10-4-2-3-5-11(10)9-18-15(20)19-14-8-12(16)6-7-13(14)17/h2-8H,9H2,1H3,(H2,18,19,20). The van der Waals surface area contributed by atoms with E-state index in [0.717, 1.165) is 11.1 Å². The molecule has 0 bridgehead atoms. The second-order valence-electron chi connectivity index (χ2n) is 4.36. The third-order valence-corrected chi connectivity index (χ3v) is 3.44. The van der Waals surface area contributed by atoms with Crippen molar-refractivity contribution in [3.05, 3.63) is 63.6 Å². The maximum absolute atomic E-state index is 11.8. The predicted octanol–water partition coefficient (Wildman–Crippen LogP) is 4.62. The number of rotatable bonds is 3. The zero-order valence-corrected chi connectivity index (χ0v) is 12.4. The van der Waals surface area contributed by atoms with Gasteiger partial charge in [0.05, 0.1) is 10.7 Å². The summed E-state index contributed by atoms with van der Waals surface area (Å²) < 4.78 is 0. The molecule has 104 valence electrons. The summed E-state index contributed by atoms with van der Waals surface area (Å²) >= 11 is 11.8. The minimum atomic E-state index is -0.322. The van der Waals surface area contributed by atoms with Crippen molar-refractivity contribution in [1.82, 2.24) is 5.32 Å². The third-order valence-electron chi connectivity index (χ3n) is 2.88. The van der Waals surface area contributed by atoms with Crippen molar-refractivity contribution in [3.8, 4) is 0 Å². The zero-order valence-electron chi connectivity index (χ0n) is 10.9. The lowest BCUT2D eigenvalue weighted by atomic mass is 10.1. The van der Waals surface area contributed by atoms with E-state index in [2.05, 4.69) is 10.6 Å². The molecule has 0 spiro atoms. The highest BCUT2D eigenvalue weighted by atomic mass is 35.5. The largest absolute Gasteiger partial charge is 0.334 e. The molecule has 0 saturated heterocycles. The Bertz CT molecular complexity index is 629. The van der Waals surface area contributed by atoms with E-state index < -0.39 is 0 Å². The van der Waals surface area contributed by atoms with Crippen LogP contribution < -0.4 is 10.6 Å². The number of halogens is 2. The van der Waals surface area contributed by atoms with Crippen LogP contribution in [0.15, 0.2) is 42.5 Å². The summed E-state index contributed by atoms with van der Waals surface area (Å²) in [5, 5.41) is 6.42. The Kier molecular flexibility index (Phi) is 4.88. The first-order chi connectivity index (χ1) is 9.56. The Morgan fingerprint density at radius 2 is 1.90 bits per heavy atom. The summed E-state index contributed by atoms with van der Waals surface area (Å²) in [6.45, 7) is 2.46. The molecule has 0 heterocycles. The Balaban J connectivity index is 1.96. The fourth-order valence-electron chi connectivity index (χ4n) is 1.74. The molecule has 2 rings (SSSR count). The predicted molar refractivity (Wildman–Crippen MR) is 83.5 cm³/mol. The summed E-state index contributed by atoms with van der Waals surface area (Å²) in [6.07, 6.45) is 0. The number of carbonyl (C=O) groups excluding carboxylic acids is 1. The van der Waals surface area contributed by atoms with Crippen LogP contribution in [0, 0.1) is 6.92 Å². The van der Waals surface area contributed by atoms with Crippen LogP contribution >= 0.6 is 23.2 Å². The molecule has 0 aliphatic heterocycles. The summed E-state index contributed by atoms with van der Waals surface area (Å²) in [5.74, 6) is 0. The van der Waals surface area contributed by atoms with E-state index in [1.54, 1.807) is 18.2 Å². The van der Waals surface area contributed by atoms with Crippen LogP contribution in [0.4, 0.5) is 10.5 Å². The second-order valence-corrected chi connectivity index (χ2v) is 5.20. The van der Waals surface area contributed by atoms with Gasteiger partial charge in [0, 0.05) is 11.6 Å². The van der Waals surface area contributed by atoms with Crippen LogP contribution in [0.25, 0.3) is 0 Å². The first-order valence-corrected chi connectivity index (χ1v) is 6.86. The molecule has 0 atom stereocenters. The molecule has 0 aromatic heterocycles. The van der Waals surface area contributed by atoms with Gasteiger partial charge >= 0.3 is 6.03 Å². The van der Waals surface area contributed by atoms with Gasteiger partial charge in [-0.25, -0.2) is 4.79 Å². The van der Waals surface area contributed by atoms with Gasteiger partial charge in [0.15, 0.2) is 0 Å². The number of hydrogen-bond donors (Lipinski definition) is 2. The van der Waals surface area contributed by atoms with Crippen molar-refractivity contribution in [2.75, 3.05) is 5.32 Å². The molecule has 0 aliphatic rings. The quantitative estimate of drug-likeness (QED) is 0.853. The molecular weight excluding hydrogens is 295 g/mol. The Morgan fingerprint density at radius 1 is 1.15 bits per heavy atom. The molecule has 2 aromatic rings. The third kappa shape index (κ3) is 3.89. The van der Waals surface area contributed by atoms with Crippen molar-refractivity contribution >= 4 is 34.9 Å². The van der Waals surface area contributed by atoms with Gasteiger partial charge < -0.3 is 10.6 Å². The SMILES string of the molecule is Cc1ccccc1CNC(=O)Nc1cc(Cl)ccc1Cl. The van der Waals surface area contributed by atoms with E-state index in [9.17, 15) is 4.79 Å². The van der Waals surface area contributed by atoms with Gasteiger partial charge in [-0.2, -0.15) is 0 Å². The van der Waals surface area contributed by atoms with E-state index in [0.29, 0.717) is 22.3 Å². The summed E-state index contributed by atoms with van der Waals surface area (Å²) in [7, 11) is 0. The molecule has 5 heteroatoms. The maximum Gasteiger partial charge on any atom is 0.319 e. The lowest BCUT2D eigenvalue weighted by molar-refractivity contribution is 0.251. The number of nitrogens with one attached hydrogen (secondary N) is 2. The van der Waals surface area contributed by atoms with Crippen LogP contribution in [-0.2, 0) is 6.54 Å².